The molecule has 0 aromatic heterocycles. The number of methoxy groups -OCH3 is 1. The lowest BCUT2D eigenvalue weighted by molar-refractivity contribution is -0.188. The topological polar surface area (TPSA) is 77.3 Å². The third-order valence-electron chi connectivity index (χ3n) is 1.26. The third kappa shape index (κ3) is 6.06. The maximum atomic E-state index is 10.5. The zero-order valence-electron chi connectivity index (χ0n) is 7.60. The Labute approximate surface area is 76.0 Å². The van der Waals surface area contributed by atoms with E-state index in [1.807, 2.05) is 0 Å². The number of ether oxygens (including phenoxy) is 1. The van der Waals surface area contributed by atoms with E-state index in [2.05, 4.69) is 14.8 Å². The summed E-state index contributed by atoms with van der Waals surface area (Å²) in [4.78, 5) is 22.6. The fourth-order valence-corrected chi connectivity index (χ4v) is 0.633. The van der Waals surface area contributed by atoms with Crippen LogP contribution in [-0.2, 0) is 19.3 Å². The van der Waals surface area contributed by atoms with Crippen molar-refractivity contribution >= 4 is 12.4 Å². The van der Waals surface area contributed by atoms with Crippen LogP contribution in [-0.4, -0.2) is 44.3 Å². The molecule has 0 bridgehead atoms. The van der Waals surface area contributed by atoms with Crippen LogP contribution in [0.3, 0.4) is 0 Å². The van der Waals surface area contributed by atoms with Crippen molar-refractivity contribution in [3.8, 4) is 0 Å². The lowest BCUT2D eigenvalue weighted by Crippen LogP contribution is -2.20. The summed E-state index contributed by atoms with van der Waals surface area (Å²) in [5.74, 6) is -1.02. The van der Waals surface area contributed by atoms with Crippen LogP contribution in [0.15, 0.2) is 4.99 Å². The highest BCUT2D eigenvalue weighted by Gasteiger charge is 2.14. The maximum Gasteiger partial charge on any atom is 0.328 e. The summed E-state index contributed by atoms with van der Waals surface area (Å²) >= 11 is 0. The van der Waals surface area contributed by atoms with E-state index in [-0.39, 0.29) is 0 Å². The molecule has 0 rings (SSSR count). The minimum Gasteiger partial charge on any atom is -0.480 e. The lowest BCUT2D eigenvalue weighted by Gasteiger charge is -2.04. The standard InChI is InChI=1S/C7H13NO5/c1-11-4-3-6(7(9)10)8-5-13-12-2/h5-6H,3-4H2,1-2H3,(H,9,10). The number of nitrogens with zero attached hydrogens (tertiary/aromatic N) is 1. The van der Waals surface area contributed by atoms with Crippen molar-refractivity contribution in [2.24, 2.45) is 4.99 Å². The van der Waals surface area contributed by atoms with Gasteiger partial charge < -0.3 is 14.7 Å². The Morgan fingerprint density at radius 1 is 1.62 bits per heavy atom. The van der Waals surface area contributed by atoms with Gasteiger partial charge in [0.2, 0.25) is 6.40 Å². The number of carboxylic acid groups (broad SMARTS) is 1. The Hall–Kier alpha value is -1.14. The monoisotopic (exact) mass is 191 g/mol. The molecule has 0 heterocycles. The molecule has 6 heteroatoms. The average Bonchev–Trinajstić information content (AvgIpc) is 2.10. The lowest BCUT2D eigenvalue weighted by atomic mass is 10.2. The fourth-order valence-electron chi connectivity index (χ4n) is 0.633. The molecule has 1 N–H and O–H groups in total. The van der Waals surface area contributed by atoms with Crippen LogP contribution in [0.4, 0.5) is 0 Å². The van der Waals surface area contributed by atoms with Crippen molar-refractivity contribution in [1.29, 1.82) is 0 Å². The Bertz CT molecular complexity index is 170. The summed E-state index contributed by atoms with van der Waals surface area (Å²) in [6.45, 7) is 0.335. The molecule has 0 aromatic rings. The van der Waals surface area contributed by atoms with Gasteiger partial charge in [-0.3, -0.25) is 0 Å². The molecule has 0 fully saturated rings. The van der Waals surface area contributed by atoms with Gasteiger partial charge in [-0.05, 0) is 0 Å². The predicted molar refractivity (Wildman–Crippen MR) is 44.5 cm³/mol. The first kappa shape index (κ1) is 11.9. The van der Waals surface area contributed by atoms with Crippen LogP contribution >= 0.6 is 0 Å². The summed E-state index contributed by atoms with van der Waals surface area (Å²) in [7, 11) is 2.80. The Morgan fingerprint density at radius 2 is 2.31 bits per heavy atom. The van der Waals surface area contributed by atoms with Crippen LogP contribution in [0.1, 0.15) is 6.42 Å². The average molecular weight is 191 g/mol. The minimum absolute atomic E-state index is 0.301. The van der Waals surface area contributed by atoms with E-state index in [1.54, 1.807) is 0 Å². The predicted octanol–water partition coefficient (Wildman–Crippen LogP) is 0.0824. The number of carboxylic acids is 1. The molecular formula is C7H13NO5. The van der Waals surface area contributed by atoms with Gasteiger partial charge in [-0.15, -0.1) is 0 Å². The van der Waals surface area contributed by atoms with Crippen LogP contribution in [0, 0.1) is 0 Å². The molecule has 0 saturated heterocycles. The summed E-state index contributed by atoms with van der Waals surface area (Å²) in [6.07, 6.45) is 1.25. The second kappa shape index (κ2) is 7.51. The number of rotatable bonds is 7. The largest absolute Gasteiger partial charge is 0.480 e. The highest BCUT2D eigenvalue weighted by atomic mass is 17.2. The van der Waals surface area contributed by atoms with Crippen LogP contribution in [0.2, 0.25) is 0 Å². The smallest absolute Gasteiger partial charge is 0.328 e. The SMILES string of the molecule is COCCC(N=COOC)C(=O)O. The van der Waals surface area contributed by atoms with E-state index in [9.17, 15) is 4.79 Å². The molecule has 0 aliphatic heterocycles. The number of aliphatic carboxylic acids is 1. The van der Waals surface area contributed by atoms with Gasteiger partial charge in [0.05, 0.1) is 7.11 Å². The number of hydrogen-bond acceptors (Lipinski definition) is 5. The van der Waals surface area contributed by atoms with Crippen molar-refractivity contribution in [2.75, 3.05) is 20.8 Å². The highest BCUT2D eigenvalue weighted by Crippen LogP contribution is 1.97. The van der Waals surface area contributed by atoms with Crippen molar-refractivity contribution in [3.63, 3.8) is 0 Å². The van der Waals surface area contributed by atoms with Crippen molar-refractivity contribution in [2.45, 2.75) is 12.5 Å². The second-order valence-corrected chi connectivity index (χ2v) is 2.15. The Kier molecular flexibility index (Phi) is 6.85. The summed E-state index contributed by atoms with van der Waals surface area (Å²) in [5.41, 5.74) is 0. The third-order valence-corrected chi connectivity index (χ3v) is 1.26. The molecule has 0 saturated carbocycles. The van der Waals surface area contributed by atoms with Crippen molar-refractivity contribution in [3.05, 3.63) is 0 Å². The van der Waals surface area contributed by atoms with Crippen LogP contribution < -0.4 is 0 Å². The first-order chi connectivity index (χ1) is 6.22. The zero-order valence-corrected chi connectivity index (χ0v) is 7.60. The highest BCUT2D eigenvalue weighted by molar-refractivity contribution is 5.75. The summed E-state index contributed by atoms with van der Waals surface area (Å²) in [5, 5.41) is 8.63. The minimum atomic E-state index is -1.02. The van der Waals surface area contributed by atoms with Crippen LogP contribution in [0.25, 0.3) is 0 Å². The van der Waals surface area contributed by atoms with Gasteiger partial charge in [0.1, 0.15) is 0 Å². The molecule has 1 atom stereocenters. The molecular weight excluding hydrogens is 178 g/mol. The normalized spacial score (nSPS) is 13.1. The van der Waals surface area contributed by atoms with E-state index in [4.69, 9.17) is 9.84 Å². The van der Waals surface area contributed by atoms with E-state index >= 15 is 0 Å². The van der Waals surface area contributed by atoms with Gasteiger partial charge in [0, 0.05) is 20.1 Å². The Morgan fingerprint density at radius 3 is 2.77 bits per heavy atom. The molecule has 76 valence electrons. The van der Waals surface area contributed by atoms with Crippen molar-refractivity contribution < 1.29 is 24.4 Å². The molecule has 13 heavy (non-hydrogen) atoms. The summed E-state index contributed by atoms with van der Waals surface area (Å²) in [6, 6.07) is -0.852. The molecule has 1 unspecified atom stereocenters. The number of hydrogen-bond donors (Lipinski definition) is 1. The van der Waals surface area contributed by atoms with E-state index in [1.165, 1.54) is 14.2 Å². The first-order valence-corrected chi connectivity index (χ1v) is 3.65. The van der Waals surface area contributed by atoms with Gasteiger partial charge in [0.25, 0.3) is 0 Å². The van der Waals surface area contributed by atoms with Gasteiger partial charge in [0.15, 0.2) is 6.04 Å². The molecule has 0 radical (unpaired) electrons. The molecule has 6 nitrogen and oxygen atoms in total. The number of aliphatic imine (C=N–C) groups is 1. The van der Waals surface area contributed by atoms with Gasteiger partial charge in [-0.1, -0.05) is 0 Å². The molecule has 0 amide bonds. The van der Waals surface area contributed by atoms with E-state index < -0.39 is 12.0 Å². The Balaban J connectivity index is 3.86. The fraction of sp³-hybridized carbons (Fsp3) is 0.714. The molecule has 0 spiro atoms. The molecule has 0 aromatic carbocycles. The van der Waals surface area contributed by atoms with E-state index in [0.29, 0.717) is 13.0 Å². The number of carbonyl (C=O) groups is 1. The van der Waals surface area contributed by atoms with Gasteiger partial charge >= 0.3 is 5.97 Å². The van der Waals surface area contributed by atoms with Crippen LogP contribution in [0.5, 0.6) is 0 Å². The van der Waals surface area contributed by atoms with Crippen molar-refractivity contribution in [1.82, 2.24) is 0 Å². The van der Waals surface area contributed by atoms with E-state index in [0.717, 1.165) is 6.40 Å². The maximum absolute atomic E-state index is 10.5. The molecule has 0 aliphatic rings. The molecule has 0 aliphatic carbocycles. The van der Waals surface area contributed by atoms with Gasteiger partial charge in [-0.25, -0.2) is 9.79 Å². The quantitative estimate of drug-likeness (QED) is 0.267. The van der Waals surface area contributed by atoms with Gasteiger partial charge in [-0.2, -0.15) is 4.89 Å². The zero-order chi connectivity index (χ0) is 10.1. The summed E-state index contributed by atoms with van der Waals surface area (Å²) < 4.78 is 4.72. The second-order valence-electron chi connectivity index (χ2n) is 2.15. The first-order valence-electron chi connectivity index (χ1n) is 3.65.